The monoisotopic (exact) mass is 353 g/mol. The van der Waals surface area contributed by atoms with Gasteiger partial charge in [-0.3, -0.25) is 4.79 Å². The lowest BCUT2D eigenvalue weighted by atomic mass is 10.0. The molecule has 0 saturated carbocycles. The van der Waals surface area contributed by atoms with E-state index in [0.29, 0.717) is 19.5 Å². The summed E-state index contributed by atoms with van der Waals surface area (Å²) in [6, 6.07) is 9.48. The third-order valence-electron chi connectivity index (χ3n) is 4.58. The summed E-state index contributed by atoms with van der Waals surface area (Å²) in [5.41, 5.74) is 1.08. The number of sulfonamides is 1. The zero-order valence-corrected chi connectivity index (χ0v) is 15.4. The number of hydrogen-bond acceptors (Lipinski definition) is 4. The minimum Gasteiger partial charge on any atom is -0.370 e. The van der Waals surface area contributed by atoms with Gasteiger partial charge in [0.15, 0.2) is 0 Å². The van der Waals surface area contributed by atoms with E-state index in [-0.39, 0.29) is 11.9 Å². The number of rotatable bonds is 6. The summed E-state index contributed by atoms with van der Waals surface area (Å²) in [7, 11) is -1.37. The van der Waals surface area contributed by atoms with Gasteiger partial charge in [0.2, 0.25) is 15.9 Å². The van der Waals surface area contributed by atoms with Crippen LogP contribution < -0.4 is 10.2 Å². The molecule has 1 aliphatic rings. The Bertz CT molecular complexity index is 648. The Labute approximate surface area is 144 Å². The molecule has 1 saturated heterocycles. The number of carbonyl (C=O) groups is 1. The van der Waals surface area contributed by atoms with Gasteiger partial charge in [0.1, 0.15) is 6.04 Å². The van der Waals surface area contributed by atoms with Gasteiger partial charge < -0.3 is 10.2 Å². The molecule has 0 radical (unpaired) electrons. The number of nitrogens with zero attached hydrogens (tertiary/aromatic N) is 2. The molecule has 0 aromatic heterocycles. The highest BCUT2D eigenvalue weighted by atomic mass is 32.2. The zero-order chi connectivity index (χ0) is 17.7. The Kier molecular flexibility index (Phi) is 6.23. The fraction of sp³-hybridized carbons (Fsp3) is 0.588. The van der Waals surface area contributed by atoms with E-state index in [0.717, 1.165) is 18.5 Å². The van der Waals surface area contributed by atoms with Crippen molar-refractivity contribution in [3.63, 3.8) is 0 Å². The van der Waals surface area contributed by atoms with Gasteiger partial charge in [-0.2, -0.15) is 4.31 Å². The van der Waals surface area contributed by atoms with Crippen molar-refractivity contribution in [1.29, 1.82) is 0 Å². The average Bonchev–Trinajstić information content (AvgIpc) is 2.58. The summed E-state index contributed by atoms with van der Waals surface area (Å²) in [5.74, 6) is -0.201. The van der Waals surface area contributed by atoms with Crippen molar-refractivity contribution in [2.75, 3.05) is 31.3 Å². The number of hydrogen-bond donors (Lipinski definition) is 1. The molecule has 24 heavy (non-hydrogen) atoms. The second-order valence-corrected chi connectivity index (χ2v) is 8.36. The van der Waals surface area contributed by atoms with E-state index >= 15 is 0 Å². The molecule has 1 aromatic carbocycles. The van der Waals surface area contributed by atoms with Gasteiger partial charge >= 0.3 is 0 Å². The fourth-order valence-corrected chi connectivity index (χ4v) is 4.11. The highest BCUT2D eigenvalue weighted by Crippen LogP contribution is 2.20. The molecule has 7 heteroatoms. The molecule has 0 unspecified atom stereocenters. The van der Waals surface area contributed by atoms with Gasteiger partial charge in [-0.1, -0.05) is 24.6 Å². The maximum absolute atomic E-state index is 12.5. The van der Waals surface area contributed by atoms with Crippen molar-refractivity contribution in [1.82, 2.24) is 9.62 Å². The Morgan fingerprint density at radius 1 is 1.33 bits per heavy atom. The standard InChI is InChI=1S/C17H27N3O3S/c1-14(19(2)15-9-5-4-6-10-15)13-18-17(21)16-11-7-8-12-20(16)24(3,22)23/h4-6,9-10,14,16H,7-8,11-13H2,1-3H3,(H,18,21)/t14-,16+/m1/s1. The van der Waals surface area contributed by atoms with Crippen LogP contribution in [0.3, 0.4) is 0 Å². The lowest BCUT2D eigenvalue weighted by Gasteiger charge is -2.33. The molecule has 1 fully saturated rings. The molecule has 0 aliphatic carbocycles. The Balaban J connectivity index is 1.94. The maximum Gasteiger partial charge on any atom is 0.238 e. The largest absolute Gasteiger partial charge is 0.370 e. The number of para-hydroxylation sites is 1. The van der Waals surface area contributed by atoms with Crippen LogP contribution in [-0.2, 0) is 14.8 Å². The first kappa shape index (κ1) is 18.7. The quantitative estimate of drug-likeness (QED) is 0.840. The Hall–Kier alpha value is -1.60. The van der Waals surface area contributed by atoms with Crippen molar-refractivity contribution in [2.45, 2.75) is 38.3 Å². The van der Waals surface area contributed by atoms with Crippen LogP contribution in [0, 0.1) is 0 Å². The van der Waals surface area contributed by atoms with Crippen LogP contribution in [0.25, 0.3) is 0 Å². The van der Waals surface area contributed by atoms with Crippen LogP contribution in [0.15, 0.2) is 30.3 Å². The Morgan fingerprint density at radius 2 is 2.00 bits per heavy atom. The number of piperidine rings is 1. The summed E-state index contributed by atoms with van der Waals surface area (Å²) in [6.07, 6.45) is 3.44. The van der Waals surface area contributed by atoms with Crippen LogP contribution in [-0.4, -0.2) is 57.1 Å². The molecule has 0 bridgehead atoms. The van der Waals surface area contributed by atoms with E-state index in [9.17, 15) is 13.2 Å². The van der Waals surface area contributed by atoms with E-state index < -0.39 is 16.1 Å². The maximum atomic E-state index is 12.5. The minimum absolute atomic E-state index is 0.103. The average molecular weight is 353 g/mol. The number of carbonyl (C=O) groups excluding carboxylic acids is 1. The van der Waals surface area contributed by atoms with Crippen LogP contribution in [0.1, 0.15) is 26.2 Å². The van der Waals surface area contributed by atoms with Gasteiger partial charge in [-0.25, -0.2) is 8.42 Å². The summed E-state index contributed by atoms with van der Waals surface area (Å²) < 4.78 is 25.1. The summed E-state index contributed by atoms with van der Waals surface area (Å²) in [6.45, 7) is 2.93. The highest BCUT2D eigenvalue weighted by molar-refractivity contribution is 7.88. The number of likely N-dealkylation sites (N-methyl/N-ethyl adjacent to an activating group) is 1. The first-order valence-corrected chi connectivity index (χ1v) is 10.2. The first-order valence-electron chi connectivity index (χ1n) is 8.33. The molecule has 2 rings (SSSR count). The summed E-state index contributed by atoms with van der Waals surface area (Å²) in [4.78, 5) is 14.6. The predicted molar refractivity (Wildman–Crippen MR) is 96.5 cm³/mol. The van der Waals surface area contributed by atoms with Crippen LogP contribution in [0.2, 0.25) is 0 Å². The number of anilines is 1. The van der Waals surface area contributed by atoms with Gasteiger partial charge in [0.25, 0.3) is 0 Å². The molecule has 134 valence electrons. The van der Waals surface area contributed by atoms with E-state index in [1.807, 2.05) is 44.3 Å². The van der Waals surface area contributed by atoms with Gasteiger partial charge in [-0.15, -0.1) is 0 Å². The molecular formula is C17H27N3O3S. The van der Waals surface area contributed by atoms with Crippen LogP contribution in [0.5, 0.6) is 0 Å². The number of amides is 1. The molecule has 6 nitrogen and oxygen atoms in total. The molecule has 2 atom stereocenters. The molecule has 1 N–H and O–H groups in total. The molecular weight excluding hydrogens is 326 g/mol. The van der Waals surface area contributed by atoms with Crippen molar-refractivity contribution >= 4 is 21.6 Å². The van der Waals surface area contributed by atoms with Crippen LogP contribution >= 0.6 is 0 Å². The van der Waals surface area contributed by atoms with Gasteiger partial charge in [0, 0.05) is 31.9 Å². The Morgan fingerprint density at radius 3 is 2.62 bits per heavy atom. The van der Waals surface area contributed by atoms with Crippen LogP contribution in [0.4, 0.5) is 5.69 Å². The summed E-state index contributed by atoms with van der Waals surface area (Å²) >= 11 is 0. The second-order valence-electron chi connectivity index (χ2n) is 6.43. The number of nitrogens with one attached hydrogen (secondary N) is 1. The predicted octanol–water partition coefficient (Wildman–Crippen LogP) is 1.44. The zero-order valence-electron chi connectivity index (χ0n) is 14.6. The van der Waals surface area contributed by atoms with Crippen molar-refractivity contribution in [3.8, 4) is 0 Å². The highest BCUT2D eigenvalue weighted by Gasteiger charge is 2.34. The lowest BCUT2D eigenvalue weighted by Crippen LogP contribution is -2.53. The van der Waals surface area contributed by atoms with Gasteiger partial charge in [0.05, 0.1) is 6.26 Å². The van der Waals surface area contributed by atoms with Crippen molar-refractivity contribution < 1.29 is 13.2 Å². The fourth-order valence-electron chi connectivity index (χ4n) is 2.98. The SMILES string of the molecule is C[C@H](CNC(=O)[C@@H]1CCCCN1S(C)(=O)=O)N(C)c1ccccc1. The smallest absolute Gasteiger partial charge is 0.238 e. The van der Waals surface area contributed by atoms with E-state index in [1.54, 1.807) is 0 Å². The summed E-state index contributed by atoms with van der Waals surface area (Å²) in [5, 5.41) is 2.92. The number of benzene rings is 1. The topological polar surface area (TPSA) is 69.7 Å². The molecule has 1 heterocycles. The van der Waals surface area contributed by atoms with Gasteiger partial charge in [-0.05, 0) is 31.9 Å². The third kappa shape index (κ3) is 4.70. The van der Waals surface area contributed by atoms with E-state index in [4.69, 9.17) is 0 Å². The molecule has 1 aliphatic heterocycles. The van der Waals surface area contributed by atoms with E-state index in [1.165, 1.54) is 10.6 Å². The van der Waals surface area contributed by atoms with E-state index in [2.05, 4.69) is 10.2 Å². The third-order valence-corrected chi connectivity index (χ3v) is 5.87. The molecule has 1 aromatic rings. The normalized spacial score (nSPS) is 20.4. The van der Waals surface area contributed by atoms with Crippen molar-refractivity contribution in [3.05, 3.63) is 30.3 Å². The second kappa shape index (κ2) is 7.98. The first-order chi connectivity index (χ1) is 11.3. The minimum atomic E-state index is -3.36. The molecule has 1 amide bonds. The van der Waals surface area contributed by atoms with Crippen molar-refractivity contribution in [2.24, 2.45) is 0 Å². The molecule has 0 spiro atoms. The lowest BCUT2D eigenvalue weighted by molar-refractivity contribution is -0.125.